The molecular weight excluding hydrogens is 329 g/mol. The van der Waals surface area contributed by atoms with Crippen LogP contribution in [0, 0.1) is 5.82 Å². The SMILES string of the molecule is CC(SCc1ccc(Br)cc1F)C(=O)NC(C)(C)C. The molecule has 1 unspecified atom stereocenters. The summed E-state index contributed by atoms with van der Waals surface area (Å²) >= 11 is 4.65. The molecule has 0 heterocycles. The van der Waals surface area contributed by atoms with Crippen LogP contribution < -0.4 is 5.32 Å². The summed E-state index contributed by atoms with van der Waals surface area (Å²) in [5.41, 5.74) is 0.373. The Morgan fingerprint density at radius 2 is 2.11 bits per heavy atom. The Hall–Kier alpha value is -0.550. The van der Waals surface area contributed by atoms with Crippen LogP contribution in [-0.2, 0) is 10.5 Å². The fraction of sp³-hybridized carbons (Fsp3) is 0.500. The topological polar surface area (TPSA) is 29.1 Å². The van der Waals surface area contributed by atoms with Crippen LogP contribution in [0.5, 0.6) is 0 Å². The maximum absolute atomic E-state index is 13.6. The first-order valence-corrected chi connectivity index (χ1v) is 7.91. The normalized spacial score (nSPS) is 13.2. The third-order valence-electron chi connectivity index (χ3n) is 2.37. The van der Waals surface area contributed by atoms with Gasteiger partial charge in [-0.25, -0.2) is 4.39 Å². The number of rotatable bonds is 4. The van der Waals surface area contributed by atoms with Crippen LogP contribution >= 0.6 is 27.7 Å². The molecule has 1 atom stereocenters. The number of amides is 1. The number of halogens is 2. The molecule has 0 saturated heterocycles. The molecule has 0 saturated carbocycles. The van der Waals surface area contributed by atoms with E-state index in [9.17, 15) is 9.18 Å². The molecule has 0 aliphatic rings. The molecule has 0 radical (unpaired) electrons. The maximum Gasteiger partial charge on any atom is 0.233 e. The second-order valence-corrected chi connectivity index (χ2v) is 7.67. The smallest absolute Gasteiger partial charge is 0.233 e. The average molecular weight is 348 g/mol. The summed E-state index contributed by atoms with van der Waals surface area (Å²) in [6, 6.07) is 4.98. The molecule has 1 N–H and O–H groups in total. The molecule has 106 valence electrons. The second kappa shape index (κ2) is 6.75. The quantitative estimate of drug-likeness (QED) is 0.887. The predicted molar refractivity (Wildman–Crippen MR) is 82.8 cm³/mol. The first-order valence-electron chi connectivity index (χ1n) is 6.06. The van der Waals surface area contributed by atoms with Crippen molar-refractivity contribution in [2.24, 2.45) is 0 Å². The largest absolute Gasteiger partial charge is 0.351 e. The summed E-state index contributed by atoms with van der Waals surface area (Å²) in [7, 11) is 0. The minimum atomic E-state index is -0.245. The first kappa shape index (κ1) is 16.5. The van der Waals surface area contributed by atoms with Crippen molar-refractivity contribution in [1.29, 1.82) is 0 Å². The molecule has 0 aromatic heterocycles. The number of carbonyl (C=O) groups excluding carboxylic acids is 1. The molecule has 19 heavy (non-hydrogen) atoms. The van der Waals surface area contributed by atoms with Gasteiger partial charge in [0, 0.05) is 15.8 Å². The van der Waals surface area contributed by atoms with Gasteiger partial charge in [-0.05, 0) is 45.4 Å². The van der Waals surface area contributed by atoms with Gasteiger partial charge in [-0.2, -0.15) is 0 Å². The minimum Gasteiger partial charge on any atom is -0.351 e. The molecule has 0 spiro atoms. The second-order valence-electron chi connectivity index (χ2n) is 5.43. The van der Waals surface area contributed by atoms with Gasteiger partial charge in [-0.3, -0.25) is 4.79 Å². The van der Waals surface area contributed by atoms with Crippen molar-refractivity contribution < 1.29 is 9.18 Å². The lowest BCUT2D eigenvalue weighted by Crippen LogP contribution is -2.44. The minimum absolute atomic E-state index is 0.0185. The number of nitrogens with one attached hydrogen (secondary N) is 1. The van der Waals surface area contributed by atoms with Crippen LogP contribution in [0.3, 0.4) is 0 Å². The Bertz CT molecular complexity index is 459. The molecule has 5 heteroatoms. The van der Waals surface area contributed by atoms with Crippen molar-refractivity contribution >= 4 is 33.6 Å². The highest BCUT2D eigenvalue weighted by Gasteiger charge is 2.19. The van der Waals surface area contributed by atoms with Crippen molar-refractivity contribution in [2.45, 2.75) is 44.2 Å². The zero-order valence-electron chi connectivity index (χ0n) is 11.6. The summed E-state index contributed by atoms with van der Waals surface area (Å²) in [6.45, 7) is 7.66. The molecule has 1 amide bonds. The number of thioether (sulfide) groups is 1. The summed E-state index contributed by atoms with van der Waals surface area (Å²) in [5, 5.41) is 2.71. The summed E-state index contributed by atoms with van der Waals surface area (Å²) in [5.74, 6) is 0.220. The highest BCUT2D eigenvalue weighted by molar-refractivity contribution is 9.10. The van der Waals surface area contributed by atoms with Crippen molar-refractivity contribution in [3.8, 4) is 0 Å². The van der Waals surface area contributed by atoms with E-state index in [0.29, 0.717) is 11.3 Å². The number of hydrogen-bond acceptors (Lipinski definition) is 2. The van der Waals surface area contributed by atoms with Crippen LogP contribution in [0.1, 0.15) is 33.3 Å². The molecule has 1 rings (SSSR count). The van der Waals surface area contributed by atoms with Crippen molar-refractivity contribution in [1.82, 2.24) is 5.32 Å². The first-order chi connectivity index (χ1) is 8.69. The highest BCUT2D eigenvalue weighted by atomic mass is 79.9. The monoisotopic (exact) mass is 347 g/mol. The molecule has 1 aromatic carbocycles. The van der Waals surface area contributed by atoms with Gasteiger partial charge in [0.1, 0.15) is 5.82 Å². The van der Waals surface area contributed by atoms with Crippen molar-refractivity contribution in [2.75, 3.05) is 0 Å². The van der Waals surface area contributed by atoms with Gasteiger partial charge in [0.05, 0.1) is 5.25 Å². The predicted octanol–water partition coefficient (Wildman–Crippen LogP) is 4.12. The van der Waals surface area contributed by atoms with Crippen LogP contribution in [0.25, 0.3) is 0 Å². The summed E-state index contributed by atoms with van der Waals surface area (Å²) in [6.07, 6.45) is 0. The van der Waals surface area contributed by atoms with E-state index in [1.165, 1.54) is 17.8 Å². The fourth-order valence-corrected chi connectivity index (χ4v) is 2.61. The van der Waals surface area contributed by atoms with Gasteiger partial charge in [0.15, 0.2) is 0 Å². The van der Waals surface area contributed by atoms with Crippen molar-refractivity contribution in [3.05, 3.63) is 34.1 Å². The van der Waals surface area contributed by atoms with Gasteiger partial charge in [-0.1, -0.05) is 22.0 Å². The van der Waals surface area contributed by atoms with E-state index in [1.807, 2.05) is 27.7 Å². The van der Waals surface area contributed by atoms with E-state index < -0.39 is 0 Å². The Balaban J connectivity index is 2.54. The molecular formula is C14H19BrFNOS. The Morgan fingerprint density at radius 1 is 1.47 bits per heavy atom. The lowest BCUT2D eigenvalue weighted by molar-refractivity contribution is -0.121. The third-order valence-corrected chi connectivity index (χ3v) is 4.06. The number of benzene rings is 1. The van der Waals surface area contributed by atoms with E-state index in [4.69, 9.17) is 0 Å². The molecule has 2 nitrogen and oxygen atoms in total. The highest BCUT2D eigenvalue weighted by Crippen LogP contribution is 2.22. The van der Waals surface area contributed by atoms with E-state index >= 15 is 0 Å². The van der Waals surface area contributed by atoms with Gasteiger partial charge in [0.25, 0.3) is 0 Å². The Morgan fingerprint density at radius 3 is 2.63 bits per heavy atom. The molecule has 0 aliphatic carbocycles. The molecule has 0 bridgehead atoms. The standard InChI is InChI=1S/C14H19BrFNOS/c1-9(13(18)17-14(2,3)4)19-8-10-5-6-11(15)7-12(10)16/h5-7,9H,8H2,1-4H3,(H,17,18). The fourth-order valence-electron chi connectivity index (χ4n) is 1.40. The summed E-state index contributed by atoms with van der Waals surface area (Å²) in [4.78, 5) is 11.9. The van der Waals surface area contributed by atoms with Crippen LogP contribution in [-0.4, -0.2) is 16.7 Å². The molecule has 1 aromatic rings. The van der Waals surface area contributed by atoms with Crippen LogP contribution in [0.4, 0.5) is 4.39 Å². The lowest BCUT2D eigenvalue weighted by atomic mass is 10.1. The zero-order chi connectivity index (χ0) is 14.6. The Labute approximate surface area is 126 Å². The van der Waals surface area contributed by atoms with E-state index in [-0.39, 0.29) is 22.5 Å². The van der Waals surface area contributed by atoms with E-state index in [0.717, 1.165) is 4.47 Å². The van der Waals surface area contributed by atoms with Gasteiger partial charge < -0.3 is 5.32 Å². The lowest BCUT2D eigenvalue weighted by Gasteiger charge is -2.23. The Kier molecular flexibility index (Phi) is 5.86. The average Bonchev–Trinajstić information content (AvgIpc) is 2.25. The molecule has 0 aliphatic heterocycles. The van der Waals surface area contributed by atoms with Gasteiger partial charge in [-0.15, -0.1) is 11.8 Å². The zero-order valence-corrected chi connectivity index (χ0v) is 14.0. The van der Waals surface area contributed by atoms with E-state index in [1.54, 1.807) is 12.1 Å². The summed E-state index contributed by atoms with van der Waals surface area (Å²) < 4.78 is 14.3. The van der Waals surface area contributed by atoms with Crippen LogP contribution in [0.2, 0.25) is 0 Å². The van der Waals surface area contributed by atoms with E-state index in [2.05, 4.69) is 21.2 Å². The van der Waals surface area contributed by atoms with Gasteiger partial charge >= 0.3 is 0 Å². The molecule has 0 fully saturated rings. The number of hydrogen-bond donors (Lipinski definition) is 1. The van der Waals surface area contributed by atoms with Crippen molar-refractivity contribution in [3.63, 3.8) is 0 Å². The van der Waals surface area contributed by atoms with Crippen LogP contribution in [0.15, 0.2) is 22.7 Å². The maximum atomic E-state index is 13.6. The third kappa shape index (κ3) is 5.95. The van der Waals surface area contributed by atoms with Gasteiger partial charge in [0.2, 0.25) is 5.91 Å². The number of carbonyl (C=O) groups is 1.